The van der Waals surface area contributed by atoms with Gasteiger partial charge in [-0.05, 0) is 25.1 Å². The van der Waals surface area contributed by atoms with Crippen molar-refractivity contribution in [3.63, 3.8) is 0 Å². The lowest BCUT2D eigenvalue weighted by atomic mass is 10.1. The predicted molar refractivity (Wildman–Crippen MR) is 70.9 cm³/mol. The van der Waals surface area contributed by atoms with Crippen molar-refractivity contribution in [1.82, 2.24) is 0 Å². The second kappa shape index (κ2) is 6.31. The van der Waals surface area contributed by atoms with Crippen molar-refractivity contribution >= 4 is 17.4 Å². The number of carbonyl (C=O) groups is 2. The van der Waals surface area contributed by atoms with Crippen molar-refractivity contribution < 1.29 is 18.7 Å². The molecule has 5 heteroatoms. The van der Waals surface area contributed by atoms with Gasteiger partial charge >= 0.3 is 5.97 Å². The summed E-state index contributed by atoms with van der Waals surface area (Å²) in [6.07, 6.45) is 0. The Kier molecular flexibility index (Phi) is 5.03. The first kappa shape index (κ1) is 15.1. The lowest BCUT2D eigenvalue weighted by Gasteiger charge is -2.22. The van der Waals surface area contributed by atoms with Crippen LogP contribution in [0.15, 0.2) is 18.2 Å². The average Bonchev–Trinajstić information content (AvgIpc) is 2.37. The van der Waals surface area contributed by atoms with Crippen LogP contribution in [0.4, 0.5) is 10.1 Å². The number of rotatable bonds is 5. The summed E-state index contributed by atoms with van der Waals surface area (Å²) in [5.74, 6) is -1.36. The van der Waals surface area contributed by atoms with Crippen LogP contribution >= 0.6 is 0 Å². The lowest BCUT2D eigenvalue weighted by Crippen LogP contribution is -2.29. The number of ketones is 1. The van der Waals surface area contributed by atoms with Crippen molar-refractivity contribution in [2.75, 3.05) is 25.6 Å². The number of hydrogen-bond donors (Lipinski definition) is 0. The standard InChI is InChI=1S/C14H18FNO3/c1-9(14(18)19-4)8-16(3)13-6-5-11(10(2)17)7-12(13)15/h5-7,9H,8H2,1-4H3. The number of halogens is 1. The Hall–Kier alpha value is -1.91. The zero-order chi connectivity index (χ0) is 14.6. The average molecular weight is 267 g/mol. The number of carbonyl (C=O) groups excluding carboxylic acids is 2. The fourth-order valence-corrected chi connectivity index (χ4v) is 1.82. The second-order valence-corrected chi connectivity index (χ2v) is 4.53. The number of nitrogens with zero attached hydrogens (tertiary/aromatic N) is 1. The van der Waals surface area contributed by atoms with Gasteiger partial charge in [-0.2, -0.15) is 0 Å². The van der Waals surface area contributed by atoms with E-state index in [1.165, 1.54) is 26.2 Å². The summed E-state index contributed by atoms with van der Waals surface area (Å²) >= 11 is 0. The maximum absolute atomic E-state index is 13.9. The maximum atomic E-state index is 13.9. The summed E-state index contributed by atoms with van der Waals surface area (Å²) in [6.45, 7) is 3.44. The van der Waals surface area contributed by atoms with Crippen LogP contribution < -0.4 is 4.90 Å². The third-order valence-corrected chi connectivity index (χ3v) is 2.92. The van der Waals surface area contributed by atoms with E-state index in [0.717, 1.165) is 0 Å². The molecule has 1 unspecified atom stereocenters. The predicted octanol–water partition coefficient (Wildman–Crippen LogP) is 2.27. The Labute approximate surface area is 112 Å². The summed E-state index contributed by atoms with van der Waals surface area (Å²) < 4.78 is 18.5. The Bertz CT molecular complexity index is 488. The van der Waals surface area contributed by atoms with Gasteiger partial charge in [0.2, 0.25) is 0 Å². The van der Waals surface area contributed by atoms with Crippen LogP contribution in [-0.2, 0) is 9.53 Å². The minimum absolute atomic E-state index is 0.184. The second-order valence-electron chi connectivity index (χ2n) is 4.53. The van der Waals surface area contributed by atoms with Crippen LogP contribution in [-0.4, -0.2) is 32.5 Å². The summed E-state index contributed by atoms with van der Waals surface area (Å²) in [5, 5.41) is 0. The van der Waals surface area contributed by atoms with Gasteiger partial charge in [-0.3, -0.25) is 9.59 Å². The highest BCUT2D eigenvalue weighted by Crippen LogP contribution is 2.20. The molecule has 0 saturated carbocycles. The van der Waals surface area contributed by atoms with Crippen molar-refractivity contribution in [3.05, 3.63) is 29.6 Å². The first-order valence-electron chi connectivity index (χ1n) is 5.96. The van der Waals surface area contributed by atoms with Crippen molar-refractivity contribution in [2.45, 2.75) is 13.8 Å². The van der Waals surface area contributed by atoms with Crippen molar-refractivity contribution in [3.8, 4) is 0 Å². The molecule has 0 aromatic heterocycles. The normalized spacial score (nSPS) is 11.8. The fraction of sp³-hybridized carbons (Fsp3) is 0.429. The molecule has 4 nitrogen and oxygen atoms in total. The molecule has 0 aliphatic rings. The van der Waals surface area contributed by atoms with Crippen LogP contribution in [0, 0.1) is 11.7 Å². The number of methoxy groups -OCH3 is 1. The molecule has 0 spiro atoms. The van der Waals surface area contributed by atoms with Gasteiger partial charge < -0.3 is 9.64 Å². The number of anilines is 1. The molecule has 104 valence electrons. The highest BCUT2D eigenvalue weighted by atomic mass is 19.1. The quantitative estimate of drug-likeness (QED) is 0.606. The van der Waals surface area contributed by atoms with Crippen molar-refractivity contribution in [1.29, 1.82) is 0 Å². The molecule has 0 bridgehead atoms. The summed E-state index contributed by atoms with van der Waals surface area (Å²) in [5.41, 5.74) is 0.677. The molecule has 0 amide bonds. The van der Waals surface area contributed by atoms with Gasteiger partial charge in [0.05, 0.1) is 18.7 Å². The van der Waals surface area contributed by atoms with E-state index in [2.05, 4.69) is 4.74 Å². The Morgan fingerprint density at radius 3 is 2.53 bits per heavy atom. The molecule has 0 fully saturated rings. The zero-order valence-electron chi connectivity index (χ0n) is 11.6. The summed E-state index contributed by atoms with van der Waals surface area (Å²) in [4.78, 5) is 24.1. The number of ether oxygens (including phenoxy) is 1. The minimum Gasteiger partial charge on any atom is -0.469 e. The first-order valence-corrected chi connectivity index (χ1v) is 5.96. The highest BCUT2D eigenvalue weighted by molar-refractivity contribution is 5.94. The van der Waals surface area contributed by atoms with Crippen LogP contribution in [0.1, 0.15) is 24.2 Å². The zero-order valence-corrected chi connectivity index (χ0v) is 11.6. The van der Waals surface area contributed by atoms with Crippen molar-refractivity contribution in [2.24, 2.45) is 5.92 Å². The monoisotopic (exact) mass is 267 g/mol. The molecule has 0 aliphatic carbocycles. The molecule has 19 heavy (non-hydrogen) atoms. The largest absolute Gasteiger partial charge is 0.469 e. The van der Waals surface area contributed by atoms with E-state index in [4.69, 9.17) is 0 Å². The molecular weight excluding hydrogens is 249 g/mol. The number of esters is 1. The fourth-order valence-electron chi connectivity index (χ4n) is 1.82. The van der Waals surface area contributed by atoms with Gasteiger partial charge in [0, 0.05) is 19.2 Å². The Morgan fingerprint density at radius 2 is 2.05 bits per heavy atom. The van der Waals surface area contributed by atoms with E-state index >= 15 is 0 Å². The SMILES string of the molecule is COC(=O)C(C)CN(C)c1ccc(C(C)=O)cc1F. The molecular formula is C14H18FNO3. The third-order valence-electron chi connectivity index (χ3n) is 2.92. The molecule has 0 heterocycles. The van der Waals surface area contributed by atoms with Gasteiger partial charge in [0.1, 0.15) is 5.82 Å². The number of hydrogen-bond acceptors (Lipinski definition) is 4. The van der Waals surface area contributed by atoms with Gasteiger partial charge in [-0.25, -0.2) is 4.39 Å². The number of Topliss-reactive ketones (excluding diaryl/α,β-unsaturated/α-hetero) is 1. The minimum atomic E-state index is -0.479. The molecule has 0 aliphatic heterocycles. The molecule has 1 aromatic rings. The maximum Gasteiger partial charge on any atom is 0.310 e. The van der Waals surface area contributed by atoms with Gasteiger partial charge in [-0.15, -0.1) is 0 Å². The summed E-state index contributed by atoms with van der Waals surface area (Å²) in [6, 6.07) is 4.31. The molecule has 1 atom stereocenters. The van der Waals surface area contributed by atoms with E-state index in [1.54, 1.807) is 24.9 Å². The van der Waals surface area contributed by atoms with Crippen LogP contribution in [0.25, 0.3) is 0 Å². The van der Waals surface area contributed by atoms with Gasteiger partial charge in [0.25, 0.3) is 0 Å². The Balaban J connectivity index is 2.85. The van der Waals surface area contributed by atoms with Crippen LogP contribution in [0.5, 0.6) is 0 Å². The smallest absolute Gasteiger partial charge is 0.310 e. The van der Waals surface area contributed by atoms with Gasteiger partial charge in [0.15, 0.2) is 5.78 Å². The summed E-state index contributed by atoms with van der Waals surface area (Å²) in [7, 11) is 3.01. The van der Waals surface area contributed by atoms with Crippen LogP contribution in [0.2, 0.25) is 0 Å². The van der Waals surface area contributed by atoms with Crippen LogP contribution in [0.3, 0.4) is 0 Å². The molecule has 1 aromatic carbocycles. The molecule has 0 N–H and O–H groups in total. The number of benzene rings is 1. The van der Waals surface area contributed by atoms with E-state index in [9.17, 15) is 14.0 Å². The highest BCUT2D eigenvalue weighted by Gasteiger charge is 2.18. The van der Waals surface area contributed by atoms with E-state index < -0.39 is 5.82 Å². The Morgan fingerprint density at radius 1 is 1.42 bits per heavy atom. The van der Waals surface area contributed by atoms with E-state index in [1.807, 2.05) is 0 Å². The van der Waals surface area contributed by atoms with Gasteiger partial charge in [-0.1, -0.05) is 6.92 Å². The lowest BCUT2D eigenvalue weighted by molar-refractivity contribution is -0.144. The van der Waals surface area contributed by atoms with E-state index in [0.29, 0.717) is 17.8 Å². The molecule has 0 saturated heterocycles. The van der Waals surface area contributed by atoms with E-state index in [-0.39, 0.29) is 17.7 Å². The third kappa shape index (κ3) is 3.77. The topological polar surface area (TPSA) is 46.6 Å². The first-order chi connectivity index (χ1) is 8.86. The molecule has 1 rings (SSSR count). The molecule has 0 radical (unpaired) electrons.